The Kier molecular flexibility index (Phi) is 5.52. The molecule has 2 aromatic rings. The van der Waals surface area contributed by atoms with Crippen LogP contribution in [0.4, 0.5) is 11.6 Å². The molecule has 1 aromatic carbocycles. The predicted octanol–water partition coefficient (Wildman–Crippen LogP) is 2.55. The molecule has 0 amide bonds. The second-order valence-corrected chi connectivity index (χ2v) is 6.82. The van der Waals surface area contributed by atoms with E-state index in [1.165, 1.54) is 0 Å². The summed E-state index contributed by atoms with van der Waals surface area (Å²) < 4.78 is 16.8. The standard InChI is InChI=1S/C20H26N4O3/c1-25-12-9-21-17-15-18(23-19(22-17)16-5-3-2-4-6-16)24-10-7-20(8-11-24)26-13-14-27-20/h2-6,15H,7-14H2,1H3,(H,21,22,23). The number of piperidine rings is 1. The average molecular weight is 370 g/mol. The zero-order valence-corrected chi connectivity index (χ0v) is 15.7. The van der Waals surface area contributed by atoms with E-state index in [-0.39, 0.29) is 5.79 Å². The number of benzene rings is 1. The molecular formula is C20H26N4O3. The predicted molar refractivity (Wildman–Crippen MR) is 104 cm³/mol. The zero-order valence-electron chi connectivity index (χ0n) is 15.7. The summed E-state index contributed by atoms with van der Waals surface area (Å²) in [7, 11) is 1.69. The van der Waals surface area contributed by atoms with E-state index in [0.29, 0.717) is 26.4 Å². The van der Waals surface area contributed by atoms with E-state index < -0.39 is 0 Å². The highest BCUT2D eigenvalue weighted by Crippen LogP contribution is 2.33. The van der Waals surface area contributed by atoms with Gasteiger partial charge in [0.2, 0.25) is 0 Å². The van der Waals surface area contributed by atoms with E-state index in [1.807, 2.05) is 36.4 Å². The van der Waals surface area contributed by atoms with Gasteiger partial charge < -0.3 is 24.4 Å². The van der Waals surface area contributed by atoms with Gasteiger partial charge in [0.25, 0.3) is 0 Å². The number of hydrogen-bond donors (Lipinski definition) is 1. The van der Waals surface area contributed by atoms with Gasteiger partial charge in [0, 0.05) is 51.2 Å². The molecule has 2 aliphatic rings. The van der Waals surface area contributed by atoms with Crippen LogP contribution < -0.4 is 10.2 Å². The van der Waals surface area contributed by atoms with Crippen molar-refractivity contribution in [2.24, 2.45) is 0 Å². The SMILES string of the molecule is COCCNc1cc(N2CCC3(CC2)OCCO3)nc(-c2ccccc2)n1. The quantitative estimate of drug-likeness (QED) is 0.784. The molecule has 2 aliphatic heterocycles. The van der Waals surface area contributed by atoms with Crippen LogP contribution in [0.15, 0.2) is 36.4 Å². The Morgan fingerprint density at radius 3 is 2.56 bits per heavy atom. The van der Waals surface area contributed by atoms with Gasteiger partial charge in [-0.2, -0.15) is 0 Å². The monoisotopic (exact) mass is 370 g/mol. The molecule has 4 rings (SSSR count). The van der Waals surface area contributed by atoms with Crippen molar-refractivity contribution >= 4 is 11.6 Å². The minimum Gasteiger partial charge on any atom is -0.383 e. The number of aromatic nitrogens is 2. The summed E-state index contributed by atoms with van der Waals surface area (Å²) in [5, 5.41) is 3.33. The second-order valence-electron chi connectivity index (χ2n) is 6.82. The molecule has 0 saturated carbocycles. The Labute approximate surface area is 159 Å². The molecule has 0 atom stereocenters. The summed E-state index contributed by atoms with van der Waals surface area (Å²) in [6.07, 6.45) is 1.70. The lowest BCUT2D eigenvalue weighted by molar-refractivity contribution is -0.169. The molecule has 144 valence electrons. The molecule has 1 aromatic heterocycles. The third-order valence-corrected chi connectivity index (χ3v) is 5.02. The molecule has 3 heterocycles. The van der Waals surface area contributed by atoms with E-state index in [4.69, 9.17) is 19.2 Å². The minimum atomic E-state index is -0.384. The van der Waals surface area contributed by atoms with Crippen molar-refractivity contribution < 1.29 is 14.2 Å². The lowest BCUT2D eigenvalue weighted by atomic mass is 10.0. The molecule has 0 radical (unpaired) electrons. The van der Waals surface area contributed by atoms with Crippen LogP contribution in [0.5, 0.6) is 0 Å². The number of anilines is 2. The summed E-state index contributed by atoms with van der Waals surface area (Å²) >= 11 is 0. The van der Waals surface area contributed by atoms with Gasteiger partial charge in [-0.1, -0.05) is 30.3 Å². The third-order valence-electron chi connectivity index (χ3n) is 5.02. The fourth-order valence-electron chi connectivity index (χ4n) is 3.55. The van der Waals surface area contributed by atoms with Crippen molar-refractivity contribution in [1.82, 2.24) is 9.97 Å². The molecule has 7 heteroatoms. The number of rotatable bonds is 6. The molecule has 27 heavy (non-hydrogen) atoms. The van der Waals surface area contributed by atoms with Gasteiger partial charge in [0.1, 0.15) is 11.6 Å². The highest BCUT2D eigenvalue weighted by atomic mass is 16.7. The Bertz CT molecular complexity index is 740. The molecule has 2 saturated heterocycles. The Balaban J connectivity index is 1.56. The van der Waals surface area contributed by atoms with Crippen LogP contribution in [-0.2, 0) is 14.2 Å². The number of methoxy groups -OCH3 is 1. The normalized spacial score (nSPS) is 18.8. The van der Waals surface area contributed by atoms with E-state index >= 15 is 0 Å². The number of nitrogens with zero attached hydrogens (tertiary/aromatic N) is 3. The summed E-state index contributed by atoms with van der Waals surface area (Å²) in [6.45, 7) is 4.41. The molecule has 1 N–H and O–H groups in total. The summed E-state index contributed by atoms with van der Waals surface area (Å²) in [6, 6.07) is 12.1. The van der Waals surface area contributed by atoms with Gasteiger partial charge in [0.15, 0.2) is 11.6 Å². The average Bonchev–Trinajstić information content (AvgIpc) is 3.17. The van der Waals surface area contributed by atoms with Crippen molar-refractivity contribution in [3.8, 4) is 11.4 Å². The first kappa shape index (κ1) is 18.2. The van der Waals surface area contributed by atoms with Crippen LogP contribution in [-0.4, -0.2) is 62.3 Å². The maximum absolute atomic E-state index is 5.84. The summed E-state index contributed by atoms with van der Waals surface area (Å²) in [4.78, 5) is 11.8. The topological polar surface area (TPSA) is 68.7 Å². The molecule has 0 aliphatic carbocycles. The van der Waals surface area contributed by atoms with E-state index in [1.54, 1.807) is 7.11 Å². The van der Waals surface area contributed by atoms with Crippen molar-refractivity contribution in [2.75, 3.05) is 56.8 Å². The van der Waals surface area contributed by atoms with Gasteiger partial charge in [-0.15, -0.1) is 0 Å². The van der Waals surface area contributed by atoms with Crippen molar-refractivity contribution in [3.63, 3.8) is 0 Å². The second kappa shape index (κ2) is 8.21. The summed E-state index contributed by atoms with van der Waals surface area (Å²) in [5.74, 6) is 2.08. The van der Waals surface area contributed by atoms with Crippen molar-refractivity contribution in [1.29, 1.82) is 0 Å². The molecular weight excluding hydrogens is 344 g/mol. The fraction of sp³-hybridized carbons (Fsp3) is 0.500. The minimum absolute atomic E-state index is 0.384. The van der Waals surface area contributed by atoms with Crippen LogP contribution >= 0.6 is 0 Å². The zero-order chi connectivity index (χ0) is 18.5. The van der Waals surface area contributed by atoms with Crippen LogP contribution in [0, 0.1) is 0 Å². The van der Waals surface area contributed by atoms with Crippen LogP contribution in [0.3, 0.4) is 0 Å². The van der Waals surface area contributed by atoms with Gasteiger partial charge >= 0.3 is 0 Å². The van der Waals surface area contributed by atoms with Crippen LogP contribution in [0.1, 0.15) is 12.8 Å². The largest absolute Gasteiger partial charge is 0.383 e. The van der Waals surface area contributed by atoms with E-state index in [9.17, 15) is 0 Å². The van der Waals surface area contributed by atoms with E-state index in [0.717, 1.165) is 49.0 Å². The molecule has 0 bridgehead atoms. The first-order valence-corrected chi connectivity index (χ1v) is 9.48. The highest BCUT2D eigenvalue weighted by Gasteiger charge is 2.40. The van der Waals surface area contributed by atoms with Gasteiger partial charge in [0.05, 0.1) is 19.8 Å². The highest BCUT2D eigenvalue weighted by molar-refractivity contribution is 5.61. The fourth-order valence-corrected chi connectivity index (χ4v) is 3.55. The van der Waals surface area contributed by atoms with Gasteiger partial charge in [-0.05, 0) is 0 Å². The number of nitrogens with one attached hydrogen (secondary N) is 1. The Morgan fingerprint density at radius 2 is 1.85 bits per heavy atom. The smallest absolute Gasteiger partial charge is 0.171 e. The molecule has 0 unspecified atom stereocenters. The third kappa shape index (κ3) is 4.21. The maximum Gasteiger partial charge on any atom is 0.171 e. The number of hydrogen-bond acceptors (Lipinski definition) is 7. The van der Waals surface area contributed by atoms with Gasteiger partial charge in [-0.3, -0.25) is 0 Å². The van der Waals surface area contributed by atoms with Crippen molar-refractivity contribution in [3.05, 3.63) is 36.4 Å². The first-order valence-electron chi connectivity index (χ1n) is 9.48. The van der Waals surface area contributed by atoms with Gasteiger partial charge in [-0.25, -0.2) is 9.97 Å². The lowest BCUT2D eigenvalue weighted by Crippen LogP contribution is -2.45. The molecule has 2 fully saturated rings. The summed E-state index contributed by atoms with van der Waals surface area (Å²) in [5.41, 5.74) is 1.00. The lowest BCUT2D eigenvalue weighted by Gasteiger charge is -2.38. The van der Waals surface area contributed by atoms with Crippen LogP contribution in [0.25, 0.3) is 11.4 Å². The Morgan fingerprint density at radius 1 is 1.11 bits per heavy atom. The molecule has 1 spiro atoms. The Hall–Kier alpha value is -2.22. The van der Waals surface area contributed by atoms with E-state index in [2.05, 4.69) is 15.2 Å². The molecule has 7 nitrogen and oxygen atoms in total. The first-order chi connectivity index (χ1) is 13.3. The van der Waals surface area contributed by atoms with Crippen molar-refractivity contribution in [2.45, 2.75) is 18.6 Å². The maximum atomic E-state index is 5.84. The van der Waals surface area contributed by atoms with Crippen LogP contribution in [0.2, 0.25) is 0 Å². The number of ether oxygens (including phenoxy) is 3.